The average Bonchev–Trinajstić information content (AvgIpc) is 2.70. The fraction of sp³-hybridized carbons (Fsp3) is 1.00. The minimum atomic E-state index is -3.36. The lowest BCUT2D eigenvalue weighted by molar-refractivity contribution is 0.182. The lowest BCUT2D eigenvalue weighted by atomic mass is 9.90. The van der Waals surface area contributed by atoms with Gasteiger partial charge in [0.15, 0.2) is 0 Å². The van der Waals surface area contributed by atoms with E-state index in [0.29, 0.717) is 32.8 Å². The Hall–Kier alpha value is 0.0800. The minimum Gasteiger partial charge on any atom is -0.383 e. The molecular weight excluding hydrogens is 278 g/mol. The Kier molecular flexibility index (Phi) is 7.05. The van der Waals surface area contributed by atoms with Gasteiger partial charge in [-0.1, -0.05) is 6.92 Å². The summed E-state index contributed by atoms with van der Waals surface area (Å²) < 4.78 is 32.1. The molecule has 1 heterocycles. The SMILES string of the molecule is COCCN(C)S(=O)(=O)N1CCC(C)(CN)C1.Cl. The molecule has 0 aromatic carbocycles. The van der Waals surface area contributed by atoms with E-state index in [9.17, 15) is 8.42 Å². The zero-order chi connectivity index (χ0) is 13.1. The first-order valence-electron chi connectivity index (χ1n) is 5.76. The third kappa shape index (κ3) is 4.04. The van der Waals surface area contributed by atoms with Gasteiger partial charge in [-0.25, -0.2) is 0 Å². The van der Waals surface area contributed by atoms with Crippen LogP contribution in [0, 0.1) is 5.41 Å². The number of nitrogens with two attached hydrogens (primary N) is 1. The fourth-order valence-electron chi connectivity index (χ4n) is 1.87. The number of halogens is 1. The summed E-state index contributed by atoms with van der Waals surface area (Å²) in [4.78, 5) is 0. The topological polar surface area (TPSA) is 75.9 Å². The number of nitrogens with zero attached hydrogens (tertiary/aromatic N) is 2. The molecule has 0 amide bonds. The van der Waals surface area contributed by atoms with Crippen LogP contribution in [0.5, 0.6) is 0 Å². The third-order valence-corrected chi connectivity index (χ3v) is 5.28. The van der Waals surface area contributed by atoms with Gasteiger partial charge in [0.2, 0.25) is 0 Å². The Morgan fingerprint density at radius 1 is 1.50 bits per heavy atom. The lowest BCUT2D eigenvalue weighted by Crippen LogP contribution is -2.43. The number of hydrogen-bond acceptors (Lipinski definition) is 4. The van der Waals surface area contributed by atoms with Crippen LogP contribution in [-0.2, 0) is 14.9 Å². The largest absolute Gasteiger partial charge is 0.383 e. The first-order valence-corrected chi connectivity index (χ1v) is 7.16. The van der Waals surface area contributed by atoms with Gasteiger partial charge in [-0.15, -0.1) is 12.4 Å². The highest BCUT2D eigenvalue weighted by molar-refractivity contribution is 7.86. The van der Waals surface area contributed by atoms with Gasteiger partial charge in [0.1, 0.15) is 0 Å². The van der Waals surface area contributed by atoms with Gasteiger partial charge in [-0.3, -0.25) is 0 Å². The summed E-state index contributed by atoms with van der Waals surface area (Å²) in [6.45, 7) is 4.36. The van der Waals surface area contributed by atoms with Gasteiger partial charge in [0.05, 0.1) is 6.61 Å². The van der Waals surface area contributed by atoms with Crippen molar-refractivity contribution in [3.05, 3.63) is 0 Å². The van der Waals surface area contributed by atoms with Crippen molar-refractivity contribution in [1.82, 2.24) is 8.61 Å². The van der Waals surface area contributed by atoms with Crippen LogP contribution in [0.3, 0.4) is 0 Å². The average molecular weight is 302 g/mol. The second-order valence-corrected chi connectivity index (χ2v) is 6.96. The molecule has 0 radical (unpaired) electrons. The molecule has 18 heavy (non-hydrogen) atoms. The van der Waals surface area contributed by atoms with Crippen molar-refractivity contribution >= 4 is 22.6 Å². The van der Waals surface area contributed by atoms with Crippen LogP contribution < -0.4 is 5.73 Å². The van der Waals surface area contributed by atoms with Crippen LogP contribution >= 0.6 is 12.4 Å². The van der Waals surface area contributed by atoms with Gasteiger partial charge in [0, 0.05) is 33.8 Å². The van der Waals surface area contributed by atoms with Crippen LogP contribution in [0.4, 0.5) is 0 Å². The Balaban J connectivity index is 0.00000289. The van der Waals surface area contributed by atoms with E-state index in [-0.39, 0.29) is 17.8 Å². The second-order valence-electron chi connectivity index (χ2n) is 4.92. The first-order chi connectivity index (χ1) is 7.85. The molecule has 0 saturated carbocycles. The molecule has 1 aliphatic heterocycles. The molecule has 0 spiro atoms. The second kappa shape index (κ2) is 7.02. The Morgan fingerprint density at radius 2 is 2.11 bits per heavy atom. The van der Waals surface area contributed by atoms with Crippen LogP contribution in [0.15, 0.2) is 0 Å². The molecule has 0 aromatic heterocycles. The predicted octanol–water partition coefficient (Wildman–Crippen LogP) is -0.0981. The molecule has 0 bridgehead atoms. The van der Waals surface area contributed by atoms with E-state index in [1.54, 1.807) is 14.2 Å². The molecule has 110 valence electrons. The molecule has 1 aliphatic rings. The van der Waals surface area contributed by atoms with Crippen molar-refractivity contribution in [3.8, 4) is 0 Å². The number of hydrogen-bond donors (Lipinski definition) is 1. The third-order valence-electron chi connectivity index (χ3n) is 3.35. The summed E-state index contributed by atoms with van der Waals surface area (Å²) in [6, 6.07) is 0. The number of rotatable bonds is 6. The monoisotopic (exact) mass is 301 g/mol. The fourth-order valence-corrected chi connectivity index (χ4v) is 3.37. The molecule has 1 saturated heterocycles. The standard InChI is InChI=1S/C10H23N3O3S.ClH/c1-10(8-11)4-5-13(9-10)17(14,15)12(2)6-7-16-3;/h4-9,11H2,1-3H3;1H. The maximum absolute atomic E-state index is 12.2. The van der Waals surface area contributed by atoms with Gasteiger partial charge in [-0.05, 0) is 18.4 Å². The molecule has 8 heteroatoms. The highest BCUT2D eigenvalue weighted by atomic mass is 35.5. The zero-order valence-electron chi connectivity index (χ0n) is 11.3. The summed E-state index contributed by atoms with van der Waals surface area (Å²) in [7, 11) is -0.228. The van der Waals surface area contributed by atoms with Crippen molar-refractivity contribution in [3.63, 3.8) is 0 Å². The normalized spacial score (nSPS) is 25.4. The Labute approximate surface area is 116 Å². The lowest BCUT2D eigenvalue weighted by Gasteiger charge is -2.26. The summed E-state index contributed by atoms with van der Waals surface area (Å²) in [5.41, 5.74) is 5.59. The van der Waals surface area contributed by atoms with Crippen molar-refractivity contribution in [2.75, 3.05) is 46.9 Å². The Bertz CT molecular complexity index is 352. The summed E-state index contributed by atoms with van der Waals surface area (Å²) in [5, 5.41) is 0. The summed E-state index contributed by atoms with van der Waals surface area (Å²) in [6.07, 6.45) is 0.820. The van der Waals surface area contributed by atoms with E-state index in [1.165, 1.54) is 8.61 Å². The highest BCUT2D eigenvalue weighted by Crippen LogP contribution is 2.30. The van der Waals surface area contributed by atoms with Crippen LogP contribution in [-0.4, -0.2) is 64.0 Å². The number of likely N-dealkylation sites (N-methyl/N-ethyl adjacent to an activating group) is 1. The molecule has 1 fully saturated rings. The van der Waals surface area contributed by atoms with E-state index >= 15 is 0 Å². The minimum absolute atomic E-state index is 0. The molecule has 1 unspecified atom stereocenters. The van der Waals surface area contributed by atoms with Crippen molar-refractivity contribution in [2.45, 2.75) is 13.3 Å². The highest BCUT2D eigenvalue weighted by Gasteiger charge is 2.39. The smallest absolute Gasteiger partial charge is 0.281 e. The first kappa shape index (κ1) is 18.1. The maximum Gasteiger partial charge on any atom is 0.281 e. The zero-order valence-corrected chi connectivity index (χ0v) is 12.9. The molecule has 0 aromatic rings. The number of methoxy groups -OCH3 is 1. The molecule has 1 rings (SSSR count). The summed E-state index contributed by atoms with van der Waals surface area (Å²) in [5.74, 6) is 0. The van der Waals surface area contributed by atoms with Crippen LogP contribution in [0.1, 0.15) is 13.3 Å². The van der Waals surface area contributed by atoms with E-state index in [0.717, 1.165) is 6.42 Å². The Morgan fingerprint density at radius 3 is 2.56 bits per heavy atom. The van der Waals surface area contributed by atoms with Crippen LogP contribution in [0.25, 0.3) is 0 Å². The van der Waals surface area contributed by atoms with E-state index < -0.39 is 10.2 Å². The van der Waals surface area contributed by atoms with E-state index in [4.69, 9.17) is 10.5 Å². The van der Waals surface area contributed by atoms with Gasteiger partial charge < -0.3 is 10.5 Å². The number of ether oxygens (including phenoxy) is 1. The van der Waals surface area contributed by atoms with Crippen molar-refractivity contribution in [1.29, 1.82) is 0 Å². The van der Waals surface area contributed by atoms with Gasteiger partial charge in [0.25, 0.3) is 10.2 Å². The van der Waals surface area contributed by atoms with Gasteiger partial charge >= 0.3 is 0 Å². The maximum atomic E-state index is 12.2. The molecule has 1 atom stereocenters. The quantitative estimate of drug-likeness (QED) is 0.743. The molecule has 2 N–H and O–H groups in total. The van der Waals surface area contributed by atoms with Gasteiger partial charge in [-0.2, -0.15) is 17.0 Å². The predicted molar refractivity (Wildman–Crippen MR) is 74.0 cm³/mol. The molecular formula is C10H24ClN3O3S. The van der Waals surface area contributed by atoms with E-state index in [2.05, 4.69) is 0 Å². The van der Waals surface area contributed by atoms with Crippen molar-refractivity contribution < 1.29 is 13.2 Å². The van der Waals surface area contributed by atoms with E-state index in [1.807, 2.05) is 6.92 Å². The van der Waals surface area contributed by atoms with Crippen LogP contribution in [0.2, 0.25) is 0 Å². The molecule has 0 aliphatic carbocycles. The molecule has 6 nitrogen and oxygen atoms in total. The van der Waals surface area contributed by atoms with Crippen molar-refractivity contribution in [2.24, 2.45) is 11.1 Å². The summed E-state index contributed by atoms with van der Waals surface area (Å²) >= 11 is 0.